The average Bonchev–Trinajstić information content (AvgIpc) is 2.45. The molecule has 0 nitrogen and oxygen atoms in total. The molecule has 0 aromatic heterocycles. The van der Waals surface area contributed by atoms with E-state index in [9.17, 15) is 0 Å². The Hall–Kier alpha value is -0.600. The van der Waals surface area contributed by atoms with Gasteiger partial charge in [0.1, 0.15) is 0 Å². The van der Waals surface area contributed by atoms with E-state index in [1.54, 1.807) is 11.1 Å². The fourth-order valence-corrected chi connectivity index (χ4v) is 4.19. The summed E-state index contributed by atoms with van der Waals surface area (Å²) in [6.45, 7) is 2.14. The number of rotatable bonds is 2. The molecule has 0 fully saturated rings. The predicted octanol–water partition coefficient (Wildman–Crippen LogP) is 6.12. The largest absolute Gasteiger partial charge is 0.0786 e. The van der Waals surface area contributed by atoms with E-state index >= 15 is 0 Å². The zero-order valence-corrected chi connectivity index (χ0v) is 14.8. The molecule has 20 heavy (non-hydrogen) atoms. The van der Waals surface area contributed by atoms with Crippen LogP contribution in [0.4, 0.5) is 0 Å². The number of benzene rings is 2. The molecule has 1 unspecified atom stereocenters. The molecule has 104 valence electrons. The van der Waals surface area contributed by atoms with Crippen LogP contribution in [0.5, 0.6) is 0 Å². The number of fused-ring (bicyclic) bond motifs is 1. The maximum atomic E-state index is 3.87. The van der Waals surface area contributed by atoms with Crippen molar-refractivity contribution >= 4 is 31.9 Å². The fraction of sp³-hybridized carbons (Fsp3) is 0.333. The third-order valence-corrected chi connectivity index (χ3v) is 5.54. The van der Waals surface area contributed by atoms with Crippen molar-refractivity contribution in [2.75, 3.05) is 0 Å². The number of hydrogen-bond donors (Lipinski definition) is 0. The summed E-state index contributed by atoms with van der Waals surface area (Å²) < 4.78 is 1.15. The first-order chi connectivity index (χ1) is 9.63. The Morgan fingerprint density at radius 1 is 0.900 bits per heavy atom. The Morgan fingerprint density at radius 2 is 1.65 bits per heavy atom. The smallest absolute Gasteiger partial charge is 0.0645 e. The number of halogens is 2. The van der Waals surface area contributed by atoms with Gasteiger partial charge >= 0.3 is 0 Å². The highest BCUT2D eigenvalue weighted by Crippen LogP contribution is 2.35. The molecule has 0 N–H and O–H groups in total. The summed E-state index contributed by atoms with van der Waals surface area (Å²) in [5, 5.41) is 0. The van der Waals surface area contributed by atoms with E-state index in [0.29, 0.717) is 0 Å². The van der Waals surface area contributed by atoms with Gasteiger partial charge in [0.15, 0.2) is 0 Å². The quantitative estimate of drug-likeness (QED) is 0.539. The third-order valence-electron chi connectivity index (χ3n) is 4.02. The van der Waals surface area contributed by atoms with Crippen molar-refractivity contribution in [2.45, 2.75) is 37.4 Å². The zero-order chi connectivity index (χ0) is 14.1. The highest BCUT2D eigenvalue weighted by Gasteiger charge is 2.15. The van der Waals surface area contributed by atoms with Crippen LogP contribution in [0.2, 0.25) is 0 Å². The van der Waals surface area contributed by atoms with Gasteiger partial charge in [0.2, 0.25) is 0 Å². The molecule has 2 heteroatoms. The highest BCUT2D eigenvalue weighted by atomic mass is 79.9. The van der Waals surface area contributed by atoms with Crippen LogP contribution in [0.3, 0.4) is 0 Å². The Balaban J connectivity index is 1.95. The number of aryl methyl sites for hydroxylation is 3. The van der Waals surface area contributed by atoms with Crippen LogP contribution in [-0.2, 0) is 12.8 Å². The van der Waals surface area contributed by atoms with Crippen LogP contribution in [0.1, 0.15) is 45.5 Å². The van der Waals surface area contributed by atoms with Crippen LogP contribution >= 0.6 is 31.9 Å². The minimum atomic E-state index is 0.269. The molecular weight excluding hydrogens is 376 g/mol. The fourth-order valence-electron chi connectivity index (χ4n) is 3.01. The summed E-state index contributed by atoms with van der Waals surface area (Å²) in [5.41, 5.74) is 7.06. The van der Waals surface area contributed by atoms with Gasteiger partial charge in [0.25, 0.3) is 0 Å². The lowest BCUT2D eigenvalue weighted by molar-refractivity contribution is 0.684. The van der Waals surface area contributed by atoms with E-state index < -0.39 is 0 Å². The van der Waals surface area contributed by atoms with Crippen LogP contribution in [-0.4, -0.2) is 0 Å². The SMILES string of the molecule is Cc1cc(Br)cc(C(Br)c2ccc3c(c2)CCCC3)c1. The topological polar surface area (TPSA) is 0 Å². The molecule has 0 amide bonds. The lowest BCUT2D eigenvalue weighted by Gasteiger charge is -2.19. The molecule has 0 saturated heterocycles. The van der Waals surface area contributed by atoms with Crippen molar-refractivity contribution in [1.29, 1.82) is 0 Å². The molecule has 0 aliphatic heterocycles. The van der Waals surface area contributed by atoms with Crippen molar-refractivity contribution in [3.63, 3.8) is 0 Å². The third kappa shape index (κ3) is 3.01. The van der Waals surface area contributed by atoms with Gasteiger partial charge in [-0.2, -0.15) is 0 Å². The normalized spacial score (nSPS) is 15.8. The molecule has 0 heterocycles. The molecule has 1 aliphatic rings. The summed E-state index contributed by atoms with van der Waals surface area (Å²) in [5.74, 6) is 0. The van der Waals surface area contributed by atoms with E-state index in [1.807, 2.05) is 0 Å². The second kappa shape index (κ2) is 6.03. The van der Waals surface area contributed by atoms with E-state index in [2.05, 4.69) is 75.2 Å². The van der Waals surface area contributed by atoms with Gasteiger partial charge in [0, 0.05) is 4.47 Å². The molecular formula is C18H18Br2. The van der Waals surface area contributed by atoms with E-state index in [-0.39, 0.29) is 4.83 Å². The van der Waals surface area contributed by atoms with E-state index in [4.69, 9.17) is 0 Å². The standard InChI is InChI=1S/C18H18Br2/c1-12-8-16(11-17(19)9-12)18(20)15-7-6-13-4-2-3-5-14(13)10-15/h6-11,18H,2-5H2,1H3. The van der Waals surface area contributed by atoms with Gasteiger partial charge in [0.05, 0.1) is 4.83 Å². The molecule has 3 rings (SSSR count). The minimum Gasteiger partial charge on any atom is -0.0786 e. The Labute approximate surface area is 137 Å². The summed E-state index contributed by atoms with van der Waals surface area (Å²) in [4.78, 5) is 0.269. The summed E-state index contributed by atoms with van der Waals surface area (Å²) >= 11 is 7.46. The lowest BCUT2D eigenvalue weighted by Crippen LogP contribution is -2.04. The average molecular weight is 394 g/mol. The van der Waals surface area contributed by atoms with Crippen LogP contribution < -0.4 is 0 Å². The zero-order valence-electron chi connectivity index (χ0n) is 11.6. The van der Waals surface area contributed by atoms with Crippen molar-refractivity contribution in [2.24, 2.45) is 0 Å². The second-order valence-corrected chi connectivity index (χ2v) is 7.49. The maximum absolute atomic E-state index is 3.87. The Bertz CT molecular complexity index is 611. The monoisotopic (exact) mass is 392 g/mol. The van der Waals surface area contributed by atoms with Crippen LogP contribution in [0, 0.1) is 6.92 Å². The summed E-state index contributed by atoms with van der Waals surface area (Å²) in [7, 11) is 0. The van der Waals surface area contributed by atoms with Crippen molar-refractivity contribution in [3.8, 4) is 0 Å². The summed E-state index contributed by atoms with van der Waals surface area (Å²) in [6, 6.07) is 13.6. The van der Waals surface area contributed by atoms with Gasteiger partial charge < -0.3 is 0 Å². The molecule has 0 spiro atoms. The molecule has 2 aromatic carbocycles. The second-order valence-electron chi connectivity index (χ2n) is 5.66. The molecule has 0 bridgehead atoms. The summed E-state index contributed by atoms with van der Waals surface area (Å²) in [6.07, 6.45) is 5.16. The predicted molar refractivity (Wildman–Crippen MR) is 92.7 cm³/mol. The first-order valence-corrected chi connectivity index (χ1v) is 8.87. The molecule has 1 aliphatic carbocycles. The first kappa shape index (κ1) is 14.3. The highest BCUT2D eigenvalue weighted by molar-refractivity contribution is 9.10. The minimum absolute atomic E-state index is 0.269. The van der Waals surface area contributed by atoms with Gasteiger partial charge in [-0.3, -0.25) is 0 Å². The number of alkyl halides is 1. The Morgan fingerprint density at radius 3 is 2.40 bits per heavy atom. The molecule has 0 saturated carbocycles. The van der Waals surface area contributed by atoms with Gasteiger partial charge in [-0.1, -0.05) is 56.1 Å². The van der Waals surface area contributed by atoms with Crippen LogP contribution in [0.25, 0.3) is 0 Å². The lowest BCUT2D eigenvalue weighted by atomic mass is 9.89. The number of hydrogen-bond acceptors (Lipinski definition) is 0. The van der Waals surface area contributed by atoms with Crippen LogP contribution in [0.15, 0.2) is 40.9 Å². The Kier molecular flexibility index (Phi) is 4.32. The van der Waals surface area contributed by atoms with Gasteiger partial charge in [-0.05, 0) is 72.6 Å². The van der Waals surface area contributed by atoms with E-state index in [0.717, 1.165) is 4.47 Å². The van der Waals surface area contributed by atoms with Gasteiger partial charge in [-0.15, -0.1) is 0 Å². The van der Waals surface area contributed by atoms with Crippen molar-refractivity contribution in [3.05, 3.63) is 68.7 Å². The maximum Gasteiger partial charge on any atom is 0.0645 e. The first-order valence-electron chi connectivity index (χ1n) is 7.16. The van der Waals surface area contributed by atoms with Gasteiger partial charge in [-0.25, -0.2) is 0 Å². The molecule has 2 aromatic rings. The van der Waals surface area contributed by atoms with Crippen molar-refractivity contribution in [1.82, 2.24) is 0 Å². The molecule has 0 radical (unpaired) electrons. The van der Waals surface area contributed by atoms with Crippen molar-refractivity contribution < 1.29 is 0 Å². The molecule has 1 atom stereocenters. The van der Waals surface area contributed by atoms with E-state index in [1.165, 1.54) is 42.4 Å².